The first-order valence-electron chi connectivity index (χ1n) is 11.0. The van der Waals surface area contributed by atoms with Crippen LogP contribution in [0.1, 0.15) is 89.2 Å². The first-order chi connectivity index (χ1) is 13.1. The summed E-state index contributed by atoms with van der Waals surface area (Å²) >= 11 is 0. The molecule has 3 rings (SSSR count). The van der Waals surface area contributed by atoms with Gasteiger partial charge in [-0.3, -0.25) is 0 Å². The Morgan fingerprint density at radius 1 is 0.889 bits per heavy atom. The largest absolute Gasteiger partial charge is 0.207 e. The predicted octanol–water partition coefficient (Wildman–Crippen LogP) is 8.02. The van der Waals surface area contributed by atoms with Gasteiger partial charge in [0, 0.05) is 5.56 Å². The van der Waals surface area contributed by atoms with Crippen molar-refractivity contribution >= 4 is 5.57 Å². The molecule has 1 aromatic rings. The van der Waals surface area contributed by atoms with Gasteiger partial charge in [-0.15, -0.1) is 0 Å². The second kappa shape index (κ2) is 9.66. The molecule has 0 unspecified atom stereocenters. The molecule has 0 spiro atoms. The molecule has 2 heteroatoms. The van der Waals surface area contributed by atoms with Crippen LogP contribution in [0.4, 0.5) is 8.78 Å². The Kier molecular flexibility index (Phi) is 7.26. The maximum atomic E-state index is 14.1. The summed E-state index contributed by atoms with van der Waals surface area (Å²) in [7, 11) is 0. The number of hydrogen-bond acceptors (Lipinski definition) is 0. The molecule has 2 aliphatic carbocycles. The van der Waals surface area contributed by atoms with Gasteiger partial charge in [0.05, 0.1) is 0 Å². The van der Waals surface area contributed by atoms with Crippen LogP contribution in [-0.2, 0) is 6.42 Å². The molecule has 1 aromatic carbocycles. The molecule has 1 saturated carbocycles. The fourth-order valence-corrected chi connectivity index (χ4v) is 4.87. The molecular weight excluding hydrogens is 338 g/mol. The van der Waals surface area contributed by atoms with E-state index in [9.17, 15) is 8.78 Å². The quantitative estimate of drug-likeness (QED) is 0.425. The second-order valence-electron chi connectivity index (χ2n) is 8.42. The van der Waals surface area contributed by atoms with Crippen LogP contribution in [0.15, 0.2) is 29.9 Å². The van der Waals surface area contributed by atoms with Crippen LogP contribution < -0.4 is 0 Å². The van der Waals surface area contributed by atoms with E-state index in [0.29, 0.717) is 12.0 Å². The molecule has 0 aliphatic heterocycles. The molecule has 148 valence electrons. The third-order valence-corrected chi connectivity index (χ3v) is 6.63. The van der Waals surface area contributed by atoms with Crippen molar-refractivity contribution in [2.45, 2.75) is 84.5 Å². The summed E-state index contributed by atoms with van der Waals surface area (Å²) in [5, 5.41) is 0. The molecule has 2 aliphatic rings. The second-order valence-corrected chi connectivity index (χ2v) is 8.42. The highest BCUT2D eigenvalue weighted by atomic mass is 19.1. The highest BCUT2D eigenvalue weighted by molar-refractivity contribution is 5.69. The standard InChI is InChI=1S/C25H34F2/c1-3-5-6-7-18-8-10-19(11-9-18)20-12-14-21(15-13-20)22-16-24(26)23(4-2)25(27)17-22/h12,14,16-19H,3-11,13,15H2,1-2H3. The van der Waals surface area contributed by atoms with Gasteiger partial charge in [0.1, 0.15) is 11.6 Å². The SMILES string of the molecule is CCCCCC1CCC(C2=CC=C(c3cc(F)c(CC)c(F)c3)CC2)CC1. The third kappa shape index (κ3) is 5.09. The summed E-state index contributed by atoms with van der Waals surface area (Å²) in [5.41, 5.74) is 3.52. The van der Waals surface area contributed by atoms with Crippen molar-refractivity contribution in [1.29, 1.82) is 0 Å². The van der Waals surface area contributed by atoms with Crippen molar-refractivity contribution in [3.63, 3.8) is 0 Å². The van der Waals surface area contributed by atoms with Crippen LogP contribution in [0.5, 0.6) is 0 Å². The molecule has 27 heavy (non-hydrogen) atoms. The zero-order chi connectivity index (χ0) is 19.2. The van der Waals surface area contributed by atoms with Crippen molar-refractivity contribution in [2.75, 3.05) is 0 Å². The van der Waals surface area contributed by atoms with E-state index in [2.05, 4.69) is 19.1 Å². The smallest absolute Gasteiger partial charge is 0.129 e. The molecule has 0 N–H and O–H groups in total. The van der Waals surface area contributed by atoms with Crippen LogP contribution >= 0.6 is 0 Å². The normalized spacial score (nSPS) is 23.1. The first-order valence-corrected chi connectivity index (χ1v) is 11.0. The predicted molar refractivity (Wildman–Crippen MR) is 111 cm³/mol. The Morgan fingerprint density at radius 2 is 1.59 bits per heavy atom. The monoisotopic (exact) mass is 372 g/mol. The fourth-order valence-electron chi connectivity index (χ4n) is 4.87. The minimum Gasteiger partial charge on any atom is -0.207 e. The van der Waals surface area contributed by atoms with Gasteiger partial charge in [-0.25, -0.2) is 8.78 Å². The van der Waals surface area contributed by atoms with Gasteiger partial charge in [0.25, 0.3) is 0 Å². The van der Waals surface area contributed by atoms with Crippen molar-refractivity contribution in [3.8, 4) is 0 Å². The summed E-state index contributed by atoms with van der Waals surface area (Å²) in [6.45, 7) is 4.06. The maximum absolute atomic E-state index is 14.1. The highest BCUT2D eigenvalue weighted by Crippen LogP contribution is 2.40. The number of rotatable bonds is 7. The summed E-state index contributed by atoms with van der Waals surface area (Å²) < 4.78 is 28.2. The minimum absolute atomic E-state index is 0.196. The average Bonchev–Trinajstić information content (AvgIpc) is 2.69. The third-order valence-electron chi connectivity index (χ3n) is 6.63. The van der Waals surface area contributed by atoms with Crippen LogP contribution in [0.2, 0.25) is 0 Å². The summed E-state index contributed by atoms with van der Waals surface area (Å²) in [5.74, 6) is 0.835. The lowest BCUT2D eigenvalue weighted by atomic mass is 9.74. The number of unbranched alkanes of at least 4 members (excludes halogenated alkanes) is 2. The maximum Gasteiger partial charge on any atom is 0.129 e. The molecular formula is C25H34F2. The zero-order valence-corrected chi connectivity index (χ0v) is 17.0. The van der Waals surface area contributed by atoms with Gasteiger partial charge in [0.15, 0.2) is 0 Å². The van der Waals surface area contributed by atoms with E-state index in [1.54, 1.807) is 12.5 Å². The lowest BCUT2D eigenvalue weighted by Gasteiger charge is -2.31. The fraction of sp³-hybridized carbons (Fsp3) is 0.600. The van der Waals surface area contributed by atoms with Crippen LogP contribution in [0.3, 0.4) is 0 Å². The molecule has 0 heterocycles. The van der Waals surface area contributed by atoms with E-state index in [0.717, 1.165) is 30.3 Å². The Bertz CT molecular complexity index is 667. The Balaban J connectivity index is 1.60. The summed E-state index contributed by atoms with van der Waals surface area (Å²) in [6, 6.07) is 3.02. The number of hydrogen-bond donors (Lipinski definition) is 0. The lowest BCUT2D eigenvalue weighted by molar-refractivity contribution is 0.278. The molecule has 0 saturated heterocycles. The number of allylic oxidation sites excluding steroid dienone is 4. The van der Waals surface area contributed by atoms with E-state index in [4.69, 9.17) is 0 Å². The number of halogens is 2. The molecule has 0 atom stereocenters. The topological polar surface area (TPSA) is 0 Å². The van der Waals surface area contributed by atoms with Crippen LogP contribution in [-0.4, -0.2) is 0 Å². The van der Waals surface area contributed by atoms with E-state index in [-0.39, 0.29) is 5.56 Å². The van der Waals surface area contributed by atoms with Crippen molar-refractivity contribution < 1.29 is 8.78 Å². The molecule has 0 nitrogen and oxygen atoms in total. The van der Waals surface area contributed by atoms with Crippen molar-refractivity contribution in [2.24, 2.45) is 11.8 Å². The molecule has 0 aromatic heterocycles. The highest BCUT2D eigenvalue weighted by Gasteiger charge is 2.24. The van der Waals surface area contributed by atoms with E-state index >= 15 is 0 Å². The van der Waals surface area contributed by atoms with Crippen LogP contribution in [0, 0.1) is 23.5 Å². The Hall–Kier alpha value is -1.44. The van der Waals surface area contributed by atoms with Gasteiger partial charge in [-0.05, 0) is 80.1 Å². The molecule has 0 radical (unpaired) electrons. The average molecular weight is 373 g/mol. The lowest BCUT2D eigenvalue weighted by Crippen LogP contribution is -2.17. The van der Waals surface area contributed by atoms with Crippen molar-refractivity contribution in [1.82, 2.24) is 0 Å². The van der Waals surface area contributed by atoms with Crippen LogP contribution in [0.25, 0.3) is 5.57 Å². The van der Waals surface area contributed by atoms with Crippen molar-refractivity contribution in [3.05, 3.63) is 52.6 Å². The first kappa shape index (κ1) is 20.3. The van der Waals surface area contributed by atoms with E-state index in [1.807, 2.05) is 0 Å². The van der Waals surface area contributed by atoms with E-state index in [1.165, 1.54) is 63.5 Å². The van der Waals surface area contributed by atoms with Gasteiger partial charge in [-0.1, -0.05) is 57.3 Å². The van der Waals surface area contributed by atoms with E-state index < -0.39 is 11.6 Å². The minimum atomic E-state index is -0.412. The summed E-state index contributed by atoms with van der Waals surface area (Å²) in [6.07, 6.45) is 17.5. The zero-order valence-electron chi connectivity index (χ0n) is 17.0. The van der Waals surface area contributed by atoms with Gasteiger partial charge in [-0.2, -0.15) is 0 Å². The summed E-state index contributed by atoms with van der Waals surface area (Å²) in [4.78, 5) is 0. The van der Waals surface area contributed by atoms with Gasteiger partial charge < -0.3 is 0 Å². The number of benzene rings is 1. The Labute approximate surface area is 163 Å². The van der Waals surface area contributed by atoms with Gasteiger partial charge >= 0.3 is 0 Å². The molecule has 1 fully saturated rings. The molecule has 0 amide bonds. The molecule has 0 bridgehead atoms. The van der Waals surface area contributed by atoms with Gasteiger partial charge in [0.2, 0.25) is 0 Å². The Morgan fingerprint density at radius 3 is 2.15 bits per heavy atom.